The Morgan fingerprint density at radius 1 is 1.29 bits per heavy atom. The number of para-hydroxylation sites is 1. The van der Waals surface area contributed by atoms with E-state index in [0.29, 0.717) is 30.0 Å². The minimum Gasteiger partial charge on any atom is -0.465 e. The van der Waals surface area contributed by atoms with Gasteiger partial charge in [0, 0.05) is 36.1 Å². The number of aryl methyl sites for hydroxylation is 1. The zero-order chi connectivity index (χ0) is 22.5. The molecule has 9 nitrogen and oxygen atoms in total. The summed E-state index contributed by atoms with van der Waals surface area (Å²) in [4.78, 5) is 42.1. The first-order valence-electron chi connectivity index (χ1n) is 9.80. The van der Waals surface area contributed by atoms with Crippen LogP contribution in [0.5, 0.6) is 5.75 Å². The fourth-order valence-electron chi connectivity index (χ4n) is 4.33. The third-order valence-electron chi connectivity index (χ3n) is 5.77. The third-order valence-corrected chi connectivity index (χ3v) is 5.77. The van der Waals surface area contributed by atoms with E-state index in [1.165, 1.54) is 7.11 Å². The molecule has 31 heavy (non-hydrogen) atoms. The number of fused-ring (bicyclic) bond motifs is 4. The maximum absolute atomic E-state index is 13.8. The van der Waals surface area contributed by atoms with Crippen LogP contribution in [0.3, 0.4) is 0 Å². The highest BCUT2D eigenvalue weighted by Gasteiger charge is 2.60. The van der Waals surface area contributed by atoms with Gasteiger partial charge in [0.2, 0.25) is 11.8 Å². The molecule has 2 aliphatic rings. The predicted octanol–water partition coefficient (Wildman–Crippen LogP) is 0.692. The lowest BCUT2D eigenvalue weighted by Gasteiger charge is -2.35. The van der Waals surface area contributed by atoms with Gasteiger partial charge in [0.05, 0.1) is 12.7 Å². The van der Waals surface area contributed by atoms with Gasteiger partial charge in [-0.1, -0.05) is 18.2 Å². The molecule has 9 heteroatoms. The molecule has 3 N–H and O–H groups in total. The summed E-state index contributed by atoms with van der Waals surface area (Å²) in [6.07, 6.45) is 0. The first-order valence-corrected chi connectivity index (χ1v) is 9.80. The number of esters is 1. The molecule has 3 heterocycles. The number of nitrogens with one attached hydrogen (secondary N) is 1. The molecule has 1 amide bonds. The molecule has 0 fully saturated rings. The molecular weight excluding hydrogens is 400 g/mol. The van der Waals surface area contributed by atoms with Crippen LogP contribution in [0.4, 0.5) is 5.69 Å². The van der Waals surface area contributed by atoms with Crippen molar-refractivity contribution >= 4 is 17.6 Å². The number of ether oxygens (including phenoxy) is 2. The summed E-state index contributed by atoms with van der Waals surface area (Å²) in [6, 6.07) is 8.57. The molecule has 0 saturated carbocycles. The summed E-state index contributed by atoms with van der Waals surface area (Å²) >= 11 is 0. The minimum atomic E-state index is -1.77. The van der Waals surface area contributed by atoms with Crippen LogP contribution in [0.2, 0.25) is 0 Å². The first kappa shape index (κ1) is 20.7. The fraction of sp³-hybridized carbons (Fsp3) is 0.318. The predicted molar refractivity (Wildman–Crippen MR) is 114 cm³/mol. The van der Waals surface area contributed by atoms with E-state index >= 15 is 0 Å². The summed E-state index contributed by atoms with van der Waals surface area (Å²) in [5.41, 5.74) is 5.40. The Labute approximate surface area is 179 Å². The second-order valence-corrected chi connectivity index (χ2v) is 7.87. The van der Waals surface area contributed by atoms with Crippen molar-refractivity contribution in [3.63, 3.8) is 0 Å². The van der Waals surface area contributed by atoms with Gasteiger partial charge in [-0.15, -0.1) is 0 Å². The molecule has 2 aliphatic heterocycles. The third kappa shape index (κ3) is 2.84. The van der Waals surface area contributed by atoms with Crippen molar-refractivity contribution in [3.8, 4) is 5.75 Å². The van der Waals surface area contributed by atoms with Crippen molar-refractivity contribution in [2.24, 2.45) is 5.73 Å². The smallest absolute Gasteiger partial charge is 0.340 e. The lowest BCUT2D eigenvalue weighted by atomic mass is 9.68. The largest absolute Gasteiger partial charge is 0.465 e. The number of carbonyl (C=O) groups is 2. The van der Waals surface area contributed by atoms with Crippen LogP contribution in [0.25, 0.3) is 0 Å². The van der Waals surface area contributed by atoms with Crippen molar-refractivity contribution < 1.29 is 19.1 Å². The van der Waals surface area contributed by atoms with Gasteiger partial charge >= 0.3 is 5.97 Å². The highest BCUT2D eigenvalue weighted by atomic mass is 16.5. The van der Waals surface area contributed by atoms with E-state index in [4.69, 9.17) is 15.2 Å². The van der Waals surface area contributed by atoms with E-state index in [2.05, 4.69) is 5.32 Å². The van der Waals surface area contributed by atoms with Gasteiger partial charge < -0.3 is 30.0 Å². The number of amides is 1. The Hall–Kier alpha value is -3.59. The number of methoxy groups -OCH3 is 1. The topological polar surface area (TPSA) is 116 Å². The van der Waals surface area contributed by atoms with E-state index in [9.17, 15) is 14.4 Å². The van der Waals surface area contributed by atoms with Crippen molar-refractivity contribution in [3.05, 3.63) is 69.0 Å². The van der Waals surface area contributed by atoms with Crippen LogP contribution < -0.4 is 21.3 Å². The molecule has 1 atom stereocenters. The molecule has 0 bridgehead atoms. The molecule has 0 radical (unpaired) electrons. The van der Waals surface area contributed by atoms with Crippen molar-refractivity contribution in [1.82, 2.24) is 9.47 Å². The molecule has 0 aliphatic carbocycles. The van der Waals surface area contributed by atoms with E-state index in [-0.39, 0.29) is 22.8 Å². The Balaban J connectivity index is 2.11. The average molecular weight is 424 g/mol. The number of pyridine rings is 1. The number of nitrogens with zero attached hydrogens (tertiary/aromatic N) is 2. The van der Waals surface area contributed by atoms with E-state index in [1.807, 2.05) is 19.0 Å². The minimum absolute atomic E-state index is 0.0499. The molecule has 1 spiro atoms. The zero-order valence-corrected chi connectivity index (χ0v) is 17.8. The van der Waals surface area contributed by atoms with Gasteiger partial charge in [-0.05, 0) is 27.1 Å². The van der Waals surface area contributed by atoms with Crippen LogP contribution in [0.15, 0.2) is 46.6 Å². The number of hydrogen-bond acceptors (Lipinski definition) is 7. The number of aromatic nitrogens is 1. The number of benzene rings is 1. The molecule has 1 aromatic heterocycles. The highest BCUT2D eigenvalue weighted by Crippen LogP contribution is 2.52. The molecular formula is C22H24N4O5. The molecule has 1 aromatic carbocycles. The maximum Gasteiger partial charge on any atom is 0.340 e. The number of anilines is 1. The summed E-state index contributed by atoms with van der Waals surface area (Å²) in [5, 5.41) is 2.79. The monoisotopic (exact) mass is 424 g/mol. The second kappa shape index (κ2) is 7.28. The fourth-order valence-corrected chi connectivity index (χ4v) is 4.33. The summed E-state index contributed by atoms with van der Waals surface area (Å²) in [7, 11) is 5.00. The molecule has 0 unspecified atom stereocenters. The van der Waals surface area contributed by atoms with Crippen molar-refractivity contribution in [1.29, 1.82) is 0 Å². The zero-order valence-electron chi connectivity index (χ0n) is 17.8. The van der Waals surface area contributed by atoms with E-state index in [0.717, 1.165) is 0 Å². The Morgan fingerprint density at radius 2 is 2.00 bits per heavy atom. The van der Waals surface area contributed by atoms with Gasteiger partial charge in [0.25, 0.3) is 5.56 Å². The van der Waals surface area contributed by atoms with Crippen LogP contribution in [-0.4, -0.2) is 49.1 Å². The molecule has 4 rings (SSSR count). The van der Waals surface area contributed by atoms with Crippen molar-refractivity contribution in [2.45, 2.75) is 18.9 Å². The number of rotatable bonds is 4. The molecule has 2 aromatic rings. The normalized spacial score (nSPS) is 19.2. The van der Waals surface area contributed by atoms with Crippen LogP contribution >= 0.6 is 0 Å². The lowest BCUT2D eigenvalue weighted by molar-refractivity contribution is -0.138. The lowest BCUT2D eigenvalue weighted by Crippen LogP contribution is -2.50. The van der Waals surface area contributed by atoms with Crippen LogP contribution in [-0.2, 0) is 26.3 Å². The van der Waals surface area contributed by atoms with Gasteiger partial charge in [-0.25, -0.2) is 4.79 Å². The highest BCUT2D eigenvalue weighted by molar-refractivity contribution is 6.17. The van der Waals surface area contributed by atoms with Gasteiger partial charge in [-0.2, -0.15) is 0 Å². The SMILES string of the molecule is COC(=O)C1=C(N)Oc2cc(C)n(CCN(C)C)c(=O)c2[C@]12C(=O)Nc1ccccc12. The van der Waals surface area contributed by atoms with Gasteiger partial charge in [-0.3, -0.25) is 9.59 Å². The molecule has 162 valence electrons. The van der Waals surface area contributed by atoms with Gasteiger partial charge in [0.15, 0.2) is 0 Å². The quantitative estimate of drug-likeness (QED) is 0.694. The Morgan fingerprint density at radius 3 is 2.68 bits per heavy atom. The van der Waals surface area contributed by atoms with E-state index in [1.54, 1.807) is 41.8 Å². The summed E-state index contributed by atoms with van der Waals surface area (Å²) < 4.78 is 12.2. The van der Waals surface area contributed by atoms with Gasteiger partial charge in [0.1, 0.15) is 16.7 Å². The first-order chi connectivity index (χ1) is 14.7. The van der Waals surface area contributed by atoms with Crippen LogP contribution in [0.1, 0.15) is 16.8 Å². The summed E-state index contributed by atoms with van der Waals surface area (Å²) in [6.45, 7) is 2.79. The maximum atomic E-state index is 13.8. The van der Waals surface area contributed by atoms with E-state index < -0.39 is 22.9 Å². The van der Waals surface area contributed by atoms with Crippen molar-refractivity contribution in [2.75, 3.05) is 33.1 Å². The number of carbonyl (C=O) groups excluding carboxylic acids is 2. The number of hydrogen-bond donors (Lipinski definition) is 2. The number of likely N-dealkylation sites (N-methyl/N-ethyl adjacent to an activating group) is 1. The molecule has 0 saturated heterocycles. The number of nitrogens with two attached hydrogens (primary N) is 1. The average Bonchev–Trinajstić information content (AvgIpc) is 2.99. The Kier molecular flexibility index (Phi) is 4.85. The van der Waals surface area contributed by atoms with Crippen LogP contribution in [0, 0.1) is 6.92 Å². The standard InChI is InChI=1S/C22H24N4O5/c1-12-11-15-16(19(27)26(12)10-9-25(2)3)22(17(18(23)31-15)20(28)30-4)13-7-5-6-8-14(13)24-21(22)29/h5-8,11H,9-10,23H2,1-4H3,(H,24,29)/t22-/m0/s1. The summed E-state index contributed by atoms with van der Waals surface area (Å²) in [5.74, 6) is -1.51. The second-order valence-electron chi connectivity index (χ2n) is 7.87. The Bertz CT molecular complexity index is 1200.